The lowest BCUT2D eigenvalue weighted by Gasteiger charge is -2.16. The van der Waals surface area contributed by atoms with Crippen molar-refractivity contribution in [2.24, 2.45) is 0 Å². The van der Waals surface area contributed by atoms with E-state index in [0.717, 1.165) is 0 Å². The van der Waals surface area contributed by atoms with Gasteiger partial charge in [0.2, 0.25) is 0 Å². The minimum Gasteiger partial charge on any atom is -0.383 e. The van der Waals surface area contributed by atoms with Gasteiger partial charge >= 0.3 is 0 Å². The molecular weight excluding hydrogens is 276 g/mol. The molecule has 0 atom stereocenters. The van der Waals surface area contributed by atoms with Gasteiger partial charge in [-0.25, -0.2) is 0 Å². The summed E-state index contributed by atoms with van der Waals surface area (Å²) in [4.78, 5) is 11.9. The Kier molecular flexibility index (Phi) is 6.61. The van der Waals surface area contributed by atoms with Crippen LogP contribution in [0, 0.1) is 0 Å². The van der Waals surface area contributed by atoms with Gasteiger partial charge in [-0.1, -0.05) is 60.7 Å². The van der Waals surface area contributed by atoms with Crippen LogP contribution in [-0.2, 0) is 9.53 Å². The Balaban J connectivity index is 2.02. The predicted octanol–water partition coefficient (Wildman–Crippen LogP) is 1.10. The van der Waals surface area contributed by atoms with E-state index >= 15 is 0 Å². The largest absolute Gasteiger partial charge is 0.383 e. The zero-order chi connectivity index (χ0) is 15.6. The Morgan fingerprint density at radius 2 is 1.59 bits per heavy atom. The summed E-state index contributed by atoms with van der Waals surface area (Å²) < 4.78 is 4.93. The average molecular weight is 299 g/mol. The summed E-state index contributed by atoms with van der Waals surface area (Å²) in [5.41, 5.74) is 2.39. The number of carbonyl (C=O) groups is 1. The number of hydrogen-bond acceptors (Lipinski definition) is 2. The van der Waals surface area contributed by atoms with Crippen LogP contribution in [0.5, 0.6) is 0 Å². The molecule has 1 amide bonds. The fraction of sp³-hybridized carbons (Fsp3) is 0.278. The second-order valence-electron chi connectivity index (χ2n) is 5.08. The van der Waals surface area contributed by atoms with Crippen LogP contribution in [0.2, 0.25) is 0 Å². The Morgan fingerprint density at radius 1 is 1.05 bits per heavy atom. The Labute approximate surface area is 131 Å². The van der Waals surface area contributed by atoms with E-state index < -0.39 is 0 Å². The number of rotatable bonds is 8. The second-order valence-corrected chi connectivity index (χ2v) is 5.08. The number of hydrogen-bond donors (Lipinski definition) is 2. The fourth-order valence-electron chi connectivity index (χ4n) is 2.37. The molecule has 0 radical (unpaired) electrons. The zero-order valence-corrected chi connectivity index (χ0v) is 12.9. The van der Waals surface area contributed by atoms with Crippen molar-refractivity contribution in [1.82, 2.24) is 5.32 Å². The molecule has 22 heavy (non-hydrogen) atoms. The maximum Gasteiger partial charge on any atom is 0.275 e. The highest BCUT2D eigenvalue weighted by molar-refractivity contribution is 5.76. The molecule has 0 bridgehead atoms. The summed E-state index contributed by atoms with van der Waals surface area (Å²) in [5.74, 6) is 0.0221. The van der Waals surface area contributed by atoms with Crippen LogP contribution < -0.4 is 10.6 Å². The number of nitrogens with one attached hydrogen (secondary N) is 1. The van der Waals surface area contributed by atoms with Gasteiger partial charge in [-0.2, -0.15) is 0 Å². The average Bonchev–Trinajstić information content (AvgIpc) is 2.57. The summed E-state index contributed by atoms with van der Waals surface area (Å²) in [5, 5.41) is 4.91. The minimum absolute atomic E-state index is 0.0221. The standard InChI is InChI=1S/C18H22N2O2/c1-22-13-12-19-17(21)14-20-18(15-8-4-2-5-9-15)16-10-6-3-7-11-16/h2-11,18,20H,12-14H2,1H3,(H,19,21)/p+1. The third kappa shape index (κ3) is 4.98. The molecule has 2 aromatic carbocycles. The predicted molar refractivity (Wildman–Crippen MR) is 86.4 cm³/mol. The van der Waals surface area contributed by atoms with Crippen LogP contribution in [0.4, 0.5) is 0 Å². The summed E-state index contributed by atoms with van der Waals surface area (Å²) in [6, 6.07) is 20.6. The highest BCUT2D eigenvalue weighted by Gasteiger charge is 2.18. The molecule has 0 unspecified atom stereocenters. The molecule has 0 heterocycles. The van der Waals surface area contributed by atoms with E-state index in [0.29, 0.717) is 19.7 Å². The number of benzene rings is 2. The highest BCUT2D eigenvalue weighted by atomic mass is 16.5. The lowest BCUT2D eigenvalue weighted by molar-refractivity contribution is -0.676. The van der Waals surface area contributed by atoms with Gasteiger partial charge in [0.15, 0.2) is 6.54 Å². The van der Waals surface area contributed by atoms with Crippen molar-refractivity contribution in [3.8, 4) is 0 Å². The van der Waals surface area contributed by atoms with E-state index in [-0.39, 0.29) is 11.9 Å². The number of nitrogens with two attached hydrogens (primary N) is 1. The molecule has 0 fully saturated rings. The summed E-state index contributed by atoms with van der Waals surface area (Å²) >= 11 is 0. The number of amides is 1. The van der Waals surface area contributed by atoms with E-state index in [1.807, 2.05) is 36.4 Å². The molecule has 0 aliphatic rings. The van der Waals surface area contributed by atoms with Crippen molar-refractivity contribution in [2.75, 3.05) is 26.8 Å². The van der Waals surface area contributed by atoms with Gasteiger partial charge in [0.05, 0.1) is 6.61 Å². The fourth-order valence-corrected chi connectivity index (χ4v) is 2.37. The lowest BCUT2D eigenvalue weighted by Crippen LogP contribution is -2.87. The first-order chi connectivity index (χ1) is 10.8. The molecule has 116 valence electrons. The first kappa shape index (κ1) is 16.2. The SMILES string of the molecule is COCCNC(=O)C[NH2+]C(c1ccccc1)c1ccccc1. The Morgan fingerprint density at radius 3 is 2.09 bits per heavy atom. The molecule has 4 heteroatoms. The number of ether oxygens (including phenoxy) is 1. The van der Waals surface area contributed by atoms with Gasteiger partial charge in [-0.3, -0.25) is 4.79 Å². The number of methoxy groups -OCH3 is 1. The quantitative estimate of drug-likeness (QED) is 0.717. The van der Waals surface area contributed by atoms with E-state index in [1.54, 1.807) is 7.11 Å². The Bertz CT molecular complexity index is 518. The van der Waals surface area contributed by atoms with E-state index in [9.17, 15) is 4.79 Å². The molecule has 0 aromatic heterocycles. The molecule has 4 nitrogen and oxygen atoms in total. The van der Waals surface area contributed by atoms with Crippen molar-refractivity contribution >= 4 is 5.91 Å². The van der Waals surface area contributed by atoms with Crippen LogP contribution in [0.15, 0.2) is 60.7 Å². The van der Waals surface area contributed by atoms with E-state index in [4.69, 9.17) is 4.74 Å². The summed E-state index contributed by atoms with van der Waals surface area (Å²) in [7, 11) is 1.62. The molecule has 2 aromatic rings. The maximum absolute atomic E-state index is 11.9. The van der Waals surface area contributed by atoms with Crippen molar-refractivity contribution < 1.29 is 14.8 Å². The molecule has 0 saturated heterocycles. The lowest BCUT2D eigenvalue weighted by atomic mass is 9.99. The zero-order valence-electron chi connectivity index (χ0n) is 12.9. The smallest absolute Gasteiger partial charge is 0.275 e. The van der Waals surface area contributed by atoms with Gasteiger partial charge in [0, 0.05) is 24.8 Å². The van der Waals surface area contributed by atoms with Crippen LogP contribution in [0.25, 0.3) is 0 Å². The van der Waals surface area contributed by atoms with Crippen molar-refractivity contribution in [2.45, 2.75) is 6.04 Å². The van der Waals surface area contributed by atoms with Crippen molar-refractivity contribution in [3.63, 3.8) is 0 Å². The van der Waals surface area contributed by atoms with E-state index in [1.165, 1.54) is 11.1 Å². The molecular formula is C18H23N2O2+. The molecule has 0 spiro atoms. The van der Waals surface area contributed by atoms with Gasteiger partial charge < -0.3 is 15.4 Å². The highest BCUT2D eigenvalue weighted by Crippen LogP contribution is 2.17. The van der Waals surface area contributed by atoms with Crippen LogP contribution in [-0.4, -0.2) is 32.7 Å². The minimum atomic E-state index is 0.0221. The third-order valence-electron chi connectivity index (χ3n) is 3.48. The Hall–Kier alpha value is -2.17. The van der Waals surface area contributed by atoms with Gasteiger partial charge in [0.1, 0.15) is 6.04 Å². The van der Waals surface area contributed by atoms with E-state index in [2.05, 4.69) is 34.9 Å². The van der Waals surface area contributed by atoms with Crippen molar-refractivity contribution in [3.05, 3.63) is 71.8 Å². The van der Waals surface area contributed by atoms with Gasteiger partial charge in [0.25, 0.3) is 5.91 Å². The molecule has 3 N–H and O–H groups in total. The van der Waals surface area contributed by atoms with Gasteiger partial charge in [-0.05, 0) is 0 Å². The van der Waals surface area contributed by atoms with Gasteiger partial charge in [-0.15, -0.1) is 0 Å². The molecule has 0 aliphatic carbocycles. The number of quaternary nitrogens is 1. The molecule has 0 aliphatic heterocycles. The molecule has 2 rings (SSSR count). The molecule has 0 saturated carbocycles. The summed E-state index contributed by atoms with van der Waals surface area (Å²) in [6.45, 7) is 1.47. The first-order valence-corrected chi connectivity index (χ1v) is 7.50. The topological polar surface area (TPSA) is 54.9 Å². The second kappa shape index (κ2) is 8.97. The summed E-state index contributed by atoms with van der Waals surface area (Å²) in [6.07, 6.45) is 0. The van der Waals surface area contributed by atoms with Crippen LogP contribution in [0.1, 0.15) is 17.2 Å². The normalized spacial score (nSPS) is 10.6. The first-order valence-electron chi connectivity index (χ1n) is 7.50. The van der Waals surface area contributed by atoms with Crippen molar-refractivity contribution in [1.29, 1.82) is 0 Å². The monoisotopic (exact) mass is 299 g/mol. The number of carbonyl (C=O) groups excluding carboxylic acids is 1. The van der Waals surface area contributed by atoms with Crippen LogP contribution in [0.3, 0.4) is 0 Å². The van der Waals surface area contributed by atoms with Crippen LogP contribution >= 0.6 is 0 Å². The third-order valence-corrected chi connectivity index (χ3v) is 3.48. The maximum atomic E-state index is 11.9.